The van der Waals surface area contributed by atoms with Gasteiger partial charge in [-0.15, -0.1) is 0 Å². The minimum absolute atomic E-state index is 0.133. The first-order valence-electron chi connectivity index (χ1n) is 12.6. The Morgan fingerprint density at radius 2 is 1.88 bits per heavy atom. The van der Waals surface area contributed by atoms with Gasteiger partial charge in [-0.05, 0) is 57.1 Å². The van der Waals surface area contributed by atoms with Gasteiger partial charge in [-0.25, -0.2) is 0 Å². The van der Waals surface area contributed by atoms with Crippen molar-refractivity contribution in [1.82, 2.24) is 20.4 Å². The van der Waals surface area contributed by atoms with E-state index in [1.165, 1.54) is 7.11 Å². The molecule has 0 aliphatic carbocycles. The Morgan fingerprint density at radius 3 is 2.53 bits per heavy atom. The SMILES string of the molecule is COc1cc(N)c(Cl)cc1C(=O)NC1CCN(CC2CCN(C(=O)C3CCCNC3)CC2)CC1. The van der Waals surface area contributed by atoms with Crippen LogP contribution in [0.15, 0.2) is 12.1 Å². The predicted molar refractivity (Wildman–Crippen MR) is 134 cm³/mol. The number of rotatable bonds is 6. The molecule has 1 aromatic rings. The average molecular weight is 492 g/mol. The number of piperidine rings is 3. The summed E-state index contributed by atoms with van der Waals surface area (Å²) in [5, 5.41) is 6.84. The summed E-state index contributed by atoms with van der Waals surface area (Å²) in [5.41, 5.74) is 6.63. The smallest absolute Gasteiger partial charge is 0.255 e. The zero-order valence-corrected chi connectivity index (χ0v) is 20.9. The van der Waals surface area contributed by atoms with E-state index in [4.69, 9.17) is 22.1 Å². The molecule has 4 N–H and O–H groups in total. The summed E-state index contributed by atoms with van der Waals surface area (Å²) in [7, 11) is 1.52. The molecule has 3 aliphatic rings. The Hall–Kier alpha value is -2.03. The van der Waals surface area contributed by atoms with Crippen LogP contribution in [0.1, 0.15) is 48.9 Å². The van der Waals surface area contributed by atoms with E-state index in [-0.39, 0.29) is 17.9 Å². The molecule has 1 unspecified atom stereocenters. The molecule has 3 heterocycles. The molecule has 2 amide bonds. The van der Waals surface area contributed by atoms with Crippen LogP contribution in [-0.2, 0) is 4.79 Å². The molecule has 4 rings (SSSR count). The fourth-order valence-electron chi connectivity index (χ4n) is 5.46. The third-order valence-corrected chi connectivity index (χ3v) is 7.90. The number of halogens is 1. The Bertz CT molecular complexity index is 860. The zero-order valence-electron chi connectivity index (χ0n) is 20.2. The highest BCUT2D eigenvalue weighted by molar-refractivity contribution is 6.33. The second-order valence-electron chi connectivity index (χ2n) is 9.93. The monoisotopic (exact) mass is 491 g/mol. The van der Waals surface area contributed by atoms with Crippen molar-refractivity contribution in [2.24, 2.45) is 11.8 Å². The Labute approximate surface area is 207 Å². The molecular formula is C25H38ClN5O3. The van der Waals surface area contributed by atoms with Gasteiger partial charge in [0.1, 0.15) is 5.75 Å². The fourth-order valence-corrected chi connectivity index (χ4v) is 5.62. The largest absolute Gasteiger partial charge is 0.496 e. The standard InChI is InChI=1S/C25H38ClN5O3/c1-34-23-14-22(27)21(26)13-20(23)24(32)29-19-6-9-30(10-7-19)16-17-4-11-31(12-5-17)25(33)18-3-2-8-28-15-18/h13-14,17-19,28H,2-12,15-16,27H2,1H3,(H,29,32). The van der Waals surface area contributed by atoms with E-state index >= 15 is 0 Å². The maximum atomic E-state index is 12.8. The van der Waals surface area contributed by atoms with Gasteiger partial charge in [-0.2, -0.15) is 0 Å². The van der Waals surface area contributed by atoms with Crippen molar-refractivity contribution in [3.8, 4) is 5.75 Å². The number of likely N-dealkylation sites (tertiary alicyclic amines) is 2. The van der Waals surface area contributed by atoms with Crippen LogP contribution in [0.4, 0.5) is 5.69 Å². The first-order valence-corrected chi connectivity index (χ1v) is 13.0. The summed E-state index contributed by atoms with van der Waals surface area (Å²) in [6, 6.07) is 3.29. The third-order valence-electron chi connectivity index (χ3n) is 7.57. The van der Waals surface area contributed by atoms with Gasteiger partial charge in [-0.1, -0.05) is 11.6 Å². The van der Waals surface area contributed by atoms with Crippen molar-refractivity contribution >= 4 is 29.1 Å². The molecule has 0 saturated carbocycles. The van der Waals surface area contributed by atoms with Gasteiger partial charge < -0.3 is 30.9 Å². The van der Waals surface area contributed by atoms with E-state index in [1.54, 1.807) is 12.1 Å². The number of amides is 2. The molecular weight excluding hydrogens is 454 g/mol. The van der Waals surface area contributed by atoms with Crippen LogP contribution in [-0.4, -0.2) is 80.6 Å². The molecule has 8 nitrogen and oxygen atoms in total. The molecule has 188 valence electrons. The summed E-state index contributed by atoms with van der Waals surface area (Å²) < 4.78 is 5.31. The quantitative estimate of drug-likeness (QED) is 0.528. The number of nitrogen functional groups attached to an aromatic ring is 1. The lowest BCUT2D eigenvalue weighted by Gasteiger charge is -2.39. The van der Waals surface area contributed by atoms with Crippen LogP contribution in [0, 0.1) is 11.8 Å². The highest BCUT2D eigenvalue weighted by Crippen LogP contribution is 2.29. The first kappa shape index (κ1) is 25.1. The molecule has 34 heavy (non-hydrogen) atoms. The Kier molecular flexibility index (Phi) is 8.55. The molecule has 1 atom stereocenters. The molecule has 3 fully saturated rings. The summed E-state index contributed by atoms with van der Waals surface area (Å²) >= 11 is 6.12. The number of nitrogens with two attached hydrogens (primary N) is 1. The number of methoxy groups -OCH3 is 1. The number of anilines is 1. The second-order valence-corrected chi connectivity index (χ2v) is 10.3. The van der Waals surface area contributed by atoms with E-state index in [9.17, 15) is 9.59 Å². The van der Waals surface area contributed by atoms with Crippen LogP contribution in [0.5, 0.6) is 5.75 Å². The van der Waals surface area contributed by atoms with Crippen molar-refractivity contribution in [3.63, 3.8) is 0 Å². The summed E-state index contributed by atoms with van der Waals surface area (Å²) in [5.74, 6) is 1.41. The van der Waals surface area contributed by atoms with E-state index in [0.29, 0.717) is 33.8 Å². The van der Waals surface area contributed by atoms with Gasteiger partial charge >= 0.3 is 0 Å². The minimum Gasteiger partial charge on any atom is -0.496 e. The first-order chi connectivity index (χ1) is 16.4. The lowest BCUT2D eigenvalue weighted by Crippen LogP contribution is -2.49. The van der Waals surface area contributed by atoms with Gasteiger partial charge in [0.2, 0.25) is 5.91 Å². The molecule has 0 radical (unpaired) electrons. The van der Waals surface area contributed by atoms with Crippen LogP contribution in [0.25, 0.3) is 0 Å². The van der Waals surface area contributed by atoms with E-state index < -0.39 is 0 Å². The summed E-state index contributed by atoms with van der Waals surface area (Å²) in [6.45, 7) is 6.67. The van der Waals surface area contributed by atoms with Crippen molar-refractivity contribution in [1.29, 1.82) is 0 Å². The number of hydrogen-bond donors (Lipinski definition) is 3. The van der Waals surface area contributed by atoms with Crippen molar-refractivity contribution < 1.29 is 14.3 Å². The number of hydrogen-bond acceptors (Lipinski definition) is 6. The fraction of sp³-hybridized carbons (Fsp3) is 0.680. The van der Waals surface area contributed by atoms with Gasteiger partial charge in [0, 0.05) is 51.4 Å². The molecule has 3 saturated heterocycles. The van der Waals surface area contributed by atoms with Gasteiger partial charge in [0.25, 0.3) is 5.91 Å². The van der Waals surface area contributed by atoms with Gasteiger partial charge in [0.15, 0.2) is 0 Å². The number of nitrogens with zero attached hydrogens (tertiary/aromatic N) is 2. The number of ether oxygens (including phenoxy) is 1. The van der Waals surface area contributed by atoms with E-state index in [0.717, 1.165) is 84.3 Å². The number of carbonyl (C=O) groups excluding carboxylic acids is 2. The maximum absolute atomic E-state index is 12.8. The molecule has 3 aliphatic heterocycles. The molecule has 0 spiro atoms. The van der Waals surface area contributed by atoms with Crippen molar-refractivity contribution in [2.45, 2.75) is 44.6 Å². The molecule has 0 bridgehead atoms. The highest BCUT2D eigenvalue weighted by atomic mass is 35.5. The third kappa shape index (κ3) is 6.15. The minimum atomic E-state index is -0.178. The zero-order chi connectivity index (χ0) is 24.1. The van der Waals surface area contributed by atoms with Crippen LogP contribution in [0.2, 0.25) is 5.02 Å². The topological polar surface area (TPSA) is 99.9 Å². The van der Waals surface area contributed by atoms with Crippen molar-refractivity contribution in [3.05, 3.63) is 22.7 Å². The second kappa shape index (κ2) is 11.6. The average Bonchev–Trinajstić information content (AvgIpc) is 2.87. The normalized spacial score (nSPS) is 23.0. The summed E-state index contributed by atoms with van der Waals surface area (Å²) in [4.78, 5) is 30.2. The highest BCUT2D eigenvalue weighted by Gasteiger charge is 2.30. The molecule has 1 aromatic carbocycles. The van der Waals surface area contributed by atoms with Crippen LogP contribution < -0.4 is 21.1 Å². The molecule has 9 heteroatoms. The number of nitrogens with one attached hydrogen (secondary N) is 2. The maximum Gasteiger partial charge on any atom is 0.255 e. The number of carbonyl (C=O) groups is 2. The summed E-state index contributed by atoms with van der Waals surface area (Å²) in [6.07, 6.45) is 6.13. The lowest BCUT2D eigenvalue weighted by molar-refractivity contribution is -0.137. The number of benzene rings is 1. The molecule has 0 aromatic heterocycles. The van der Waals surface area contributed by atoms with Gasteiger partial charge in [-0.3, -0.25) is 9.59 Å². The lowest BCUT2D eigenvalue weighted by atomic mass is 9.92. The van der Waals surface area contributed by atoms with E-state index in [1.807, 2.05) is 0 Å². The van der Waals surface area contributed by atoms with Crippen LogP contribution in [0.3, 0.4) is 0 Å². The van der Waals surface area contributed by atoms with Crippen molar-refractivity contribution in [2.75, 3.05) is 58.7 Å². The van der Waals surface area contributed by atoms with Gasteiger partial charge in [0.05, 0.1) is 29.3 Å². The Balaban J connectivity index is 1.19. The van der Waals surface area contributed by atoms with E-state index in [2.05, 4.69) is 20.4 Å². The predicted octanol–water partition coefficient (Wildman–Crippen LogP) is 2.36. The van der Waals surface area contributed by atoms with Crippen LogP contribution >= 0.6 is 11.6 Å². The Morgan fingerprint density at radius 1 is 1.15 bits per heavy atom.